The van der Waals surface area contributed by atoms with E-state index >= 15 is 0 Å². The van der Waals surface area contributed by atoms with Crippen molar-refractivity contribution in [2.45, 2.75) is 13.2 Å². The van der Waals surface area contributed by atoms with Crippen molar-refractivity contribution in [2.75, 3.05) is 6.61 Å². The lowest BCUT2D eigenvalue weighted by Crippen LogP contribution is -2.06. The molecule has 0 atom stereocenters. The third-order valence-corrected chi connectivity index (χ3v) is 5.01. The second-order valence-electron chi connectivity index (χ2n) is 5.73. The van der Waals surface area contributed by atoms with Gasteiger partial charge in [0.15, 0.2) is 0 Å². The molecule has 0 saturated heterocycles. The molecular formula is C18H13BrCl2N4O. The first-order chi connectivity index (χ1) is 12.6. The van der Waals surface area contributed by atoms with Crippen LogP contribution < -0.4 is 0 Å². The number of benzene rings is 2. The molecule has 0 radical (unpaired) electrons. The Balaban J connectivity index is 1.57. The molecule has 0 fully saturated rings. The van der Waals surface area contributed by atoms with Crippen molar-refractivity contribution in [1.82, 2.24) is 19.7 Å². The van der Waals surface area contributed by atoms with Gasteiger partial charge < -0.3 is 4.74 Å². The predicted octanol–water partition coefficient (Wildman–Crippen LogP) is 5.27. The Hall–Kier alpha value is -1.73. The Morgan fingerprint density at radius 1 is 1.12 bits per heavy atom. The van der Waals surface area contributed by atoms with E-state index in [0.29, 0.717) is 30.4 Å². The molecule has 4 rings (SSSR count). The predicted molar refractivity (Wildman–Crippen MR) is 107 cm³/mol. The van der Waals surface area contributed by atoms with Crippen molar-refractivity contribution >= 4 is 60.9 Å². The van der Waals surface area contributed by atoms with Crippen molar-refractivity contribution in [1.29, 1.82) is 0 Å². The topological polar surface area (TPSA) is 52.8 Å². The van der Waals surface area contributed by atoms with Gasteiger partial charge in [0.2, 0.25) is 5.28 Å². The van der Waals surface area contributed by atoms with E-state index in [9.17, 15) is 0 Å². The molecule has 2 aromatic carbocycles. The van der Waals surface area contributed by atoms with Gasteiger partial charge in [-0.25, -0.2) is 9.97 Å². The highest BCUT2D eigenvalue weighted by Gasteiger charge is 2.15. The van der Waals surface area contributed by atoms with Gasteiger partial charge in [-0.3, -0.25) is 4.68 Å². The molecule has 0 saturated carbocycles. The molecule has 0 unspecified atom stereocenters. The number of nitrogens with zero attached hydrogens (tertiary/aromatic N) is 4. The van der Waals surface area contributed by atoms with E-state index in [1.807, 2.05) is 47.3 Å². The van der Waals surface area contributed by atoms with Gasteiger partial charge in [-0.15, -0.1) is 0 Å². The highest BCUT2D eigenvalue weighted by atomic mass is 79.9. The van der Waals surface area contributed by atoms with E-state index in [2.05, 4.69) is 31.0 Å². The van der Waals surface area contributed by atoms with Crippen LogP contribution in [0.3, 0.4) is 0 Å². The van der Waals surface area contributed by atoms with E-state index in [-0.39, 0.29) is 5.28 Å². The summed E-state index contributed by atoms with van der Waals surface area (Å²) in [6, 6.07) is 11.9. The minimum atomic E-state index is 0.121. The van der Waals surface area contributed by atoms with Gasteiger partial charge in [-0.1, -0.05) is 41.9 Å². The zero-order valence-corrected chi connectivity index (χ0v) is 16.6. The molecule has 26 heavy (non-hydrogen) atoms. The van der Waals surface area contributed by atoms with Crippen LogP contribution in [0.4, 0.5) is 0 Å². The number of hydrogen-bond acceptors (Lipinski definition) is 4. The summed E-state index contributed by atoms with van der Waals surface area (Å²) in [5.74, 6) is 0. The number of hydrogen-bond donors (Lipinski definition) is 0. The van der Waals surface area contributed by atoms with E-state index in [1.54, 1.807) is 0 Å². The molecule has 0 amide bonds. The molecule has 0 spiro atoms. The van der Waals surface area contributed by atoms with Crippen molar-refractivity contribution < 1.29 is 4.74 Å². The van der Waals surface area contributed by atoms with Crippen LogP contribution >= 0.6 is 39.1 Å². The molecule has 2 aromatic heterocycles. The Morgan fingerprint density at radius 3 is 2.73 bits per heavy atom. The van der Waals surface area contributed by atoms with Crippen molar-refractivity contribution in [2.24, 2.45) is 0 Å². The van der Waals surface area contributed by atoms with Crippen LogP contribution in [0.1, 0.15) is 5.56 Å². The van der Waals surface area contributed by atoms with Crippen LogP contribution in [-0.2, 0) is 17.9 Å². The van der Waals surface area contributed by atoms with E-state index in [1.165, 1.54) is 0 Å². The summed E-state index contributed by atoms with van der Waals surface area (Å²) >= 11 is 15.7. The van der Waals surface area contributed by atoms with Gasteiger partial charge >= 0.3 is 0 Å². The lowest BCUT2D eigenvalue weighted by molar-refractivity contribution is 0.111. The number of halogens is 3. The van der Waals surface area contributed by atoms with Crippen LogP contribution in [0, 0.1) is 0 Å². The molecule has 2 heterocycles. The van der Waals surface area contributed by atoms with E-state index in [0.717, 1.165) is 26.3 Å². The molecule has 0 aliphatic carbocycles. The standard InChI is InChI=1S/C18H13BrCl2N4O/c19-13-8-14-15(17(20)23-18(21)22-14)12-9-25(24-16(12)13)6-7-26-10-11-4-2-1-3-5-11/h1-5,8-9H,6-7,10H2. The van der Waals surface area contributed by atoms with E-state index in [4.69, 9.17) is 27.9 Å². The average molecular weight is 452 g/mol. The molecule has 0 bridgehead atoms. The molecule has 5 nitrogen and oxygen atoms in total. The maximum absolute atomic E-state index is 6.28. The Morgan fingerprint density at radius 2 is 1.92 bits per heavy atom. The van der Waals surface area contributed by atoms with Crippen molar-refractivity contribution in [3.05, 3.63) is 63.1 Å². The fourth-order valence-electron chi connectivity index (χ4n) is 2.78. The first-order valence-electron chi connectivity index (χ1n) is 7.92. The summed E-state index contributed by atoms with van der Waals surface area (Å²) in [5.41, 5.74) is 2.62. The average Bonchev–Trinajstić information content (AvgIpc) is 3.03. The molecule has 8 heteroatoms. The molecule has 0 N–H and O–H groups in total. The summed E-state index contributed by atoms with van der Waals surface area (Å²) in [4.78, 5) is 8.29. The number of aromatic nitrogens is 4. The van der Waals surface area contributed by atoms with Gasteiger partial charge in [-0.2, -0.15) is 5.10 Å². The maximum atomic E-state index is 6.28. The fourth-order valence-corrected chi connectivity index (χ4v) is 3.79. The van der Waals surface area contributed by atoms with Crippen molar-refractivity contribution in [3.63, 3.8) is 0 Å². The van der Waals surface area contributed by atoms with Gasteiger partial charge in [-0.05, 0) is 39.2 Å². The summed E-state index contributed by atoms with van der Waals surface area (Å²) in [5, 5.41) is 6.67. The third-order valence-electron chi connectivity index (χ3n) is 3.96. The summed E-state index contributed by atoms with van der Waals surface area (Å²) in [7, 11) is 0. The van der Waals surface area contributed by atoms with Crippen molar-refractivity contribution in [3.8, 4) is 0 Å². The lowest BCUT2D eigenvalue weighted by Gasteiger charge is -2.04. The highest BCUT2D eigenvalue weighted by molar-refractivity contribution is 9.10. The monoisotopic (exact) mass is 450 g/mol. The summed E-state index contributed by atoms with van der Waals surface area (Å²) in [6.07, 6.45) is 1.93. The smallest absolute Gasteiger partial charge is 0.224 e. The zero-order chi connectivity index (χ0) is 18.1. The van der Waals surface area contributed by atoms with Crippen LogP contribution in [0.2, 0.25) is 10.4 Å². The molecule has 0 aliphatic rings. The van der Waals surface area contributed by atoms with Gasteiger partial charge in [0.05, 0.1) is 25.3 Å². The Labute approximate surface area is 168 Å². The first kappa shape index (κ1) is 17.7. The minimum Gasteiger partial charge on any atom is -0.375 e. The fraction of sp³-hybridized carbons (Fsp3) is 0.167. The SMILES string of the molecule is Clc1nc(Cl)c2c(cc(Br)c3nn(CCOCc4ccccc4)cc32)n1. The molecular weight excluding hydrogens is 439 g/mol. The van der Waals surface area contributed by atoms with E-state index < -0.39 is 0 Å². The third kappa shape index (κ3) is 3.55. The summed E-state index contributed by atoms with van der Waals surface area (Å²) in [6.45, 7) is 1.75. The number of fused-ring (bicyclic) bond motifs is 3. The van der Waals surface area contributed by atoms with Crippen LogP contribution in [0.5, 0.6) is 0 Å². The van der Waals surface area contributed by atoms with Crippen LogP contribution in [0.15, 0.2) is 47.1 Å². The number of ether oxygens (including phenoxy) is 1. The van der Waals surface area contributed by atoms with Crippen LogP contribution in [0.25, 0.3) is 21.8 Å². The normalized spacial score (nSPS) is 11.5. The maximum Gasteiger partial charge on any atom is 0.224 e. The minimum absolute atomic E-state index is 0.121. The van der Waals surface area contributed by atoms with Gasteiger partial charge in [0.1, 0.15) is 10.7 Å². The Kier molecular flexibility index (Phi) is 5.09. The summed E-state index contributed by atoms with van der Waals surface area (Å²) < 4.78 is 8.40. The largest absolute Gasteiger partial charge is 0.375 e. The highest BCUT2D eigenvalue weighted by Crippen LogP contribution is 2.34. The quantitative estimate of drug-likeness (QED) is 0.236. The Bertz CT molecular complexity index is 1090. The lowest BCUT2D eigenvalue weighted by atomic mass is 10.2. The second kappa shape index (κ2) is 7.48. The first-order valence-corrected chi connectivity index (χ1v) is 9.47. The second-order valence-corrected chi connectivity index (χ2v) is 7.28. The van der Waals surface area contributed by atoms with Gasteiger partial charge in [0.25, 0.3) is 0 Å². The van der Waals surface area contributed by atoms with Crippen LogP contribution in [-0.4, -0.2) is 26.4 Å². The molecule has 132 valence electrons. The molecule has 0 aliphatic heterocycles. The number of rotatable bonds is 5. The van der Waals surface area contributed by atoms with Gasteiger partial charge in [0, 0.05) is 21.4 Å². The zero-order valence-electron chi connectivity index (χ0n) is 13.5. The molecule has 4 aromatic rings.